The van der Waals surface area contributed by atoms with Gasteiger partial charge in [-0.05, 0) is 12.8 Å². The minimum Gasteiger partial charge on any atom is -0.327 e. The van der Waals surface area contributed by atoms with Crippen LogP contribution in [-0.4, -0.2) is 40.3 Å². The number of thioether (sulfide) groups is 1. The van der Waals surface area contributed by atoms with Gasteiger partial charge in [-0.25, -0.2) is 9.59 Å². The maximum atomic E-state index is 12.4. The molecule has 19 heavy (non-hydrogen) atoms. The van der Waals surface area contributed by atoms with Crippen molar-refractivity contribution in [2.24, 2.45) is 0 Å². The fourth-order valence-electron chi connectivity index (χ4n) is 2.31. The van der Waals surface area contributed by atoms with Crippen molar-refractivity contribution < 1.29 is 9.32 Å². The Morgan fingerprint density at radius 1 is 1.32 bits per heavy atom. The van der Waals surface area contributed by atoms with Gasteiger partial charge in [0.1, 0.15) is 0 Å². The van der Waals surface area contributed by atoms with Crippen molar-refractivity contribution in [3.63, 3.8) is 0 Å². The first-order chi connectivity index (χ1) is 9.19. The Kier molecular flexibility index (Phi) is 4.74. The van der Waals surface area contributed by atoms with Gasteiger partial charge in [0.15, 0.2) is 0 Å². The summed E-state index contributed by atoms with van der Waals surface area (Å²) in [6.07, 6.45) is 2.19. The molecular formula is C13H20N2O3S. The molecule has 0 radical (unpaired) electrons. The number of nitrogens with zero attached hydrogens (tertiary/aromatic N) is 2. The molecule has 1 amide bonds. The molecule has 0 N–H and O–H groups in total. The predicted octanol–water partition coefficient (Wildman–Crippen LogP) is 1.97. The standard InChI is InChI=1S/C13H20N2O3S/c1-3-5-11-10(4-2)12(16)18-15(11)13(17)14-6-8-19-9-7-14/h3-9H2,1-2H3. The third kappa shape index (κ3) is 2.88. The lowest BCUT2D eigenvalue weighted by molar-refractivity contribution is 0.168. The van der Waals surface area contributed by atoms with Crippen molar-refractivity contribution in [3.8, 4) is 0 Å². The van der Waals surface area contributed by atoms with Crippen LogP contribution in [0.2, 0.25) is 0 Å². The van der Waals surface area contributed by atoms with E-state index < -0.39 is 0 Å². The van der Waals surface area contributed by atoms with Crippen LogP contribution in [0.25, 0.3) is 0 Å². The van der Waals surface area contributed by atoms with Crippen molar-refractivity contribution in [2.75, 3.05) is 24.6 Å². The predicted molar refractivity (Wildman–Crippen MR) is 76.0 cm³/mol. The molecule has 1 saturated heterocycles. The first-order valence-electron chi connectivity index (χ1n) is 6.80. The van der Waals surface area contributed by atoms with Crippen LogP contribution in [0.3, 0.4) is 0 Å². The van der Waals surface area contributed by atoms with Gasteiger partial charge in [-0.2, -0.15) is 11.8 Å². The van der Waals surface area contributed by atoms with E-state index in [1.54, 1.807) is 4.90 Å². The minimum absolute atomic E-state index is 0.194. The molecule has 0 saturated carbocycles. The number of amides is 1. The smallest absolute Gasteiger partial charge is 0.327 e. The molecule has 0 spiro atoms. The van der Waals surface area contributed by atoms with Crippen molar-refractivity contribution >= 4 is 17.8 Å². The van der Waals surface area contributed by atoms with Gasteiger partial charge in [-0.15, -0.1) is 4.74 Å². The van der Waals surface area contributed by atoms with E-state index >= 15 is 0 Å². The van der Waals surface area contributed by atoms with Gasteiger partial charge >= 0.3 is 11.7 Å². The Morgan fingerprint density at radius 3 is 2.58 bits per heavy atom. The highest BCUT2D eigenvalue weighted by atomic mass is 32.2. The Balaban J connectivity index is 2.32. The number of rotatable bonds is 3. The van der Waals surface area contributed by atoms with Crippen molar-refractivity contribution in [1.82, 2.24) is 9.64 Å². The second-order valence-corrected chi connectivity index (χ2v) is 5.81. The lowest BCUT2D eigenvalue weighted by Crippen LogP contribution is -2.40. The average Bonchev–Trinajstić information content (AvgIpc) is 2.75. The van der Waals surface area contributed by atoms with Gasteiger partial charge in [0, 0.05) is 24.6 Å². The lowest BCUT2D eigenvalue weighted by atomic mass is 10.1. The molecule has 0 unspecified atom stereocenters. The molecule has 1 fully saturated rings. The summed E-state index contributed by atoms with van der Waals surface area (Å²) < 4.78 is 6.39. The third-order valence-corrected chi connectivity index (χ3v) is 4.25. The number of hydrogen-bond donors (Lipinski definition) is 0. The number of hydrogen-bond acceptors (Lipinski definition) is 4. The Hall–Kier alpha value is -1.17. The first kappa shape index (κ1) is 14.2. The highest BCUT2D eigenvalue weighted by molar-refractivity contribution is 7.99. The zero-order valence-corrected chi connectivity index (χ0v) is 12.3. The van der Waals surface area contributed by atoms with Crippen molar-refractivity contribution in [1.29, 1.82) is 0 Å². The molecule has 0 atom stereocenters. The van der Waals surface area contributed by atoms with Gasteiger partial charge < -0.3 is 9.42 Å². The maximum absolute atomic E-state index is 12.4. The number of carbonyl (C=O) groups excluding carboxylic acids is 1. The van der Waals surface area contributed by atoms with Crippen LogP contribution in [0.4, 0.5) is 4.79 Å². The number of aromatic nitrogens is 1. The molecule has 2 heterocycles. The molecule has 106 valence electrons. The summed E-state index contributed by atoms with van der Waals surface area (Å²) in [5.74, 6) is 1.89. The molecule has 5 nitrogen and oxygen atoms in total. The molecule has 6 heteroatoms. The fraction of sp³-hybridized carbons (Fsp3) is 0.692. The van der Waals surface area contributed by atoms with E-state index in [1.807, 2.05) is 25.6 Å². The largest absolute Gasteiger partial charge is 0.361 e. The molecular weight excluding hydrogens is 264 g/mol. The van der Waals surface area contributed by atoms with Crippen LogP contribution < -0.4 is 5.63 Å². The normalized spacial score (nSPS) is 15.8. The first-order valence-corrected chi connectivity index (χ1v) is 7.95. The summed E-state index contributed by atoms with van der Waals surface area (Å²) >= 11 is 1.84. The Morgan fingerprint density at radius 2 is 2.00 bits per heavy atom. The monoisotopic (exact) mass is 284 g/mol. The quantitative estimate of drug-likeness (QED) is 0.851. The average molecular weight is 284 g/mol. The fourth-order valence-corrected chi connectivity index (χ4v) is 3.21. The van der Waals surface area contributed by atoms with E-state index in [9.17, 15) is 9.59 Å². The van der Waals surface area contributed by atoms with Crippen LogP contribution in [0.15, 0.2) is 9.32 Å². The topological polar surface area (TPSA) is 55.5 Å². The van der Waals surface area contributed by atoms with E-state index in [0.29, 0.717) is 18.4 Å². The Labute approximate surface area is 116 Å². The van der Waals surface area contributed by atoms with E-state index in [-0.39, 0.29) is 11.7 Å². The van der Waals surface area contributed by atoms with E-state index in [4.69, 9.17) is 4.52 Å². The second-order valence-electron chi connectivity index (χ2n) is 4.58. The van der Waals surface area contributed by atoms with Gasteiger partial charge in [0.25, 0.3) is 0 Å². The van der Waals surface area contributed by atoms with Crippen LogP contribution in [0, 0.1) is 0 Å². The summed E-state index contributed by atoms with van der Waals surface area (Å²) in [5.41, 5.74) is 1.02. The summed E-state index contributed by atoms with van der Waals surface area (Å²) in [5, 5.41) is 0. The van der Waals surface area contributed by atoms with Crippen molar-refractivity contribution in [3.05, 3.63) is 21.7 Å². The molecule has 1 aliphatic rings. The summed E-state index contributed by atoms with van der Waals surface area (Å²) in [6, 6.07) is -0.194. The van der Waals surface area contributed by atoms with Gasteiger partial charge in [0.2, 0.25) is 0 Å². The van der Waals surface area contributed by atoms with Crippen LogP contribution in [0.5, 0.6) is 0 Å². The lowest BCUT2D eigenvalue weighted by Gasteiger charge is -2.26. The van der Waals surface area contributed by atoms with E-state index in [2.05, 4.69) is 0 Å². The van der Waals surface area contributed by atoms with Gasteiger partial charge in [-0.3, -0.25) is 0 Å². The zero-order valence-electron chi connectivity index (χ0n) is 11.5. The molecule has 1 aromatic heterocycles. The highest BCUT2D eigenvalue weighted by Crippen LogP contribution is 2.15. The van der Waals surface area contributed by atoms with Gasteiger partial charge in [0.05, 0.1) is 11.3 Å². The van der Waals surface area contributed by atoms with E-state index in [0.717, 1.165) is 36.7 Å². The summed E-state index contributed by atoms with van der Waals surface area (Å²) in [6.45, 7) is 5.39. The molecule has 2 rings (SSSR count). The third-order valence-electron chi connectivity index (χ3n) is 3.31. The molecule has 0 bridgehead atoms. The van der Waals surface area contributed by atoms with Crippen LogP contribution >= 0.6 is 11.8 Å². The van der Waals surface area contributed by atoms with Crippen molar-refractivity contribution in [2.45, 2.75) is 33.1 Å². The van der Waals surface area contributed by atoms with Gasteiger partial charge in [-0.1, -0.05) is 20.3 Å². The second kappa shape index (κ2) is 6.32. The van der Waals surface area contributed by atoms with Crippen LogP contribution in [-0.2, 0) is 12.8 Å². The zero-order chi connectivity index (χ0) is 13.8. The molecule has 1 aromatic rings. The molecule has 0 aliphatic carbocycles. The summed E-state index contributed by atoms with van der Waals surface area (Å²) in [4.78, 5) is 26.0. The van der Waals surface area contributed by atoms with E-state index in [1.165, 1.54) is 4.74 Å². The summed E-state index contributed by atoms with van der Waals surface area (Å²) in [7, 11) is 0. The number of carbonyl (C=O) groups is 1. The Bertz CT molecular complexity index is 500. The minimum atomic E-state index is -0.370. The maximum Gasteiger partial charge on any atom is 0.361 e. The van der Waals surface area contributed by atoms with Crippen LogP contribution in [0.1, 0.15) is 31.5 Å². The SMILES string of the molecule is CCCc1c(CC)c(=O)on1C(=O)N1CCSCC1. The molecule has 0 aromatic carbocycles. The molecule has 1 aliphatic heterocycles. The highest BCUT2D eigenvalue weighted by Gasteiger charge is 2.25.